The Morgan fingerprint density at radius 2 is 2.18 bits per heavy atom. The third kappa shape index (κ3) is 3.29. The molecule has 1 rings (SSSR count). The van der Waals surface area contributed by atoms with E-state index in [1.807, 2.05) is 0 Å². The van der Waals surface area contributed by atoms with Crippen LogP contribution in [0, 0.1) is 0 Å². The molecule has 1 fully saturated rings. The van der Waals surface area contributed by atoms with Crippen molar-refractivity contribution in [3.05, 3.63) is 0 Å². The maximum absolute atomic E-state index is 11.1. The van der Waals surface area contributed by atoms with Gasteiger partial charge >= 0.3 is 0 Å². The number of hydrogen-bond acceptors (Lipinski definition) is 3. The SMILES string of the molecule is CN1CCOCCCOS1=O. The lowest BCUT2D eigenvalue weighted by molar-refractivity contribution is 0.124. The van der Waals surface area contributed by atoms with Gasteiger partial charge in [-0.3, -0.25) is 4.18 Å². The van der Waals surface area contributed by atoms with E-state index in [9.17, 15) is 4.21 Å². The summed E-state index contributed by atoms with van der Waals surface area (Å²) in [5, 5.41) is 0. The van der Waals surface area contributed by atoms with Gasteiger partial charge in [-0.1, -0.05) is 0 Å². The minimum Gasteiger partial charge on any atom is -0.380 e. The summed E-state index contributed by atoms with van der Waals surface area (Å²) in [5.74, 6) is 0. The molecule has 1 heterocycles. The van der Waals surface area contributed by atoms with E-state index in [-0.39, 0.29) is 0 Å². The van der Waals surface area contributed by atoms with E-state index in [1.165, 1.54) is 0 Å². The number of nitrogens with zero attached hydrogens (tertiary/aromatic N) is 1. The fraction of sp³-hybridized carbons (Fsp3) is 1.00. The molecule has 0 aromatic heterocycles. The van der Waals surface area contributed by atoms with E-state index in [4.69, 9.17) is 8.92 Å². The maximum Gasteiger partial charge on any atom is 0.236 e. The zero-order valence-electron chi connectivity index (χ0n) is 6.62. The fourth-order valence-electron chi connectivity index (χ4n) is 0.751. The van der Waals surface area contributed by atoms with E-state index < -0.39 is 11.3 Å². The highest BCUT2D eigenvalue weighted by atomic mass is 32.2. The highest BCUT2D eigenvalue weighted by molar-refractivity contribution is 7.77. The van der Waals surface area contributed by atoms with Crippen LogP contribution in [0.4, 0.5) is 0 Å². The van der Waals surface area contributed by atoms with Crippen LogP contribution < -0.4 is 0 Å². The first-order valence-corrected chi connectivity index (χ1v) is 4.68. The molecule has 11 heavy (non-hydrogen) atoms. The summed E-state index contributed by atoms with van der Waals surface area (Å²) >= 11 is -1.27. The predicted molar refractivity (Wildman–Crippen MR) is 42.2 cm³/mol. The number of hydrogen-bond donors (Lipinski definition) is 0. The van der Waals surface area contributed by atoms with Crippen molar-refractivity contribution >= 4 is 11.3 Å². The van der Waals surface area contributed by atoms with Crippen molar-refractivity contribution in [2.24, 2.45) is 0 Å². The normalized spacial score (nSPS) is 30.5. The standard InChI is InChI=1S/C6H13NO3S/c1-7-3-6-9-4-2-5-10-11(7)8/h2-6H2,1H3. The summed E-state index contributed by atoms with van der Waals surface area (Å²) in [4.78, 5) is 0. The minimum atomic E-state index is -1.27. The van der Waals surface area contributed by atoms with Crippen molar-refractivity contribution in [1.82, 2.24) is 4.31 Å². The van der Waals surface area contributed by atoms with Crippen molar-refractivity contribution in [3.8, 4) is 0 Å². The van der Waals surface area contributed by atoms with Crippen LogP contribution in [-0.4, -0.2) is 41.9 Å². The number of ether oxygens (including phenoxy) is 1. The molecule has 1 aliphatic heterocycles. The molecule has 0 N–H and O–H groups in total. The van der Waals surface area contributed by atoms with Gasteiger partial charge < -0.3 is 4.74 Å². The topological polar surface area (TPSA) is 38.8 Å². The molecule has 4 nitrogen and oxygen atoms in total. The van der Waals surface area contributed by atoms with Crippen LogP contribution in [0.2, 0.25) is 0 Å². The van der Waals surface area contributed by atoms with Gasteiger partial charge in [-0.25, -0.2) is 8.51 Å². The van der Waals surface area contributed by atoms with Gasteiger partial charge in [-0.05, 0) is 6.42 Å². The lowest BCUT2D eigenvalue weighted by atomic mass is 10.5. The summed E-state index contributed by atoms with van der Waals surface area (Å²) in [6.07, 6.45) is 0.819. The van der Waals surface area contributed by atoms with Crippen LogP contribution in [-0.2, 0) is 20.2 Å². The van der Waals surface area contributed by atoms with Crippen LogP contribution in [0.3, 0.4) is 0 Å². The molecule has 66 valence electrons. The molecule has 1 atom stereocenters. The Bertz CT molecular complexity index is 142. The third-order valence-electron chi connectivity index (χ3n) is 1.42. The highest BCUT2D eigenvalue weighted by Gasteiger charge is 2.09. The Hall–Kier alpha value is 0.0300. The predicted octanol–water partition coefficient (Wildman–Crippen LogP) is -0.0662. The first kappa shape index (κ1) is 9.12. The quantitative estimate of drug-likeness (QED) is 0.522. The largest absolute Gasteiger partial charge is 0.380 e. The van der Waals surface area contributed by atoms with Gasteiger partial charge in [0.1, 0.15) is 0 Å². The van der Waals surface area contributed by atoms with Crippen molar-refractivity contribution in [1.29, 1.82) is 0 Å². The van der Waals surface area contributed by atoms with Crippen LogP contribution in [0.15, 0.2) is 0 Å². The Balaban J connectivity index is 2.35. The number of rotatable bonds is 0. The van der Waals surface area contributed by atoms with E-state index in [0.717, 1.165) is 6.42 Å². The summed E-state index contributed by atoms with van der Waals surface area (Å²) < 4.78 is 22.9. The Labute approximate surface area is 69.3 Å². The van der Waals surface area contributed by atoms with Crippen LogP contribution in [0.25, 0.3) is 0 Å². The molecule has 1 aliphatic rings. The number of likely N-dealkylation sites (N-methyl/N-ethyl adjacent to an activating group) is 1. The molecule has 0 spiro atoms. The second kappa shape index (κ2) is 4.82. The molecule has 0 bridgehead atoms. The molecular weight excluding hydrogens is 166 g/mol. The van der Waals surface area contributed by atoms with E-state index in [1.54, 1.807) is 11.4 Å². The average molecular weight is 179 g/mol. The first-order valence-electron chi connectivity index (χ1n) is 3.65. The molecule has 5 heteroatoms. The van der Waals surface area contributed by atoms with E-state index in [0.29, 0.717) is 26.4 Å². The van der Waals surface area contributed by atoms with Crippen LogP contribution >= 0.6 is 0 Å². The van der Waals surface area contributed by atoms with Crippen LogP contribution in [0.5, 0.6) is 0 Å². The van der Waals surface area contributed by atoms with Gasteiger partial charge in [0.05, 0.1) is 13.2 Å². The molecular formula is C6H13NO3S. The summed E-state index contributed by atoms with van der Waals surface area (Å²) in [7, 11) is 1.75. The van der Waals surface area contributed by atoms with Crippen LogP contribution in [0.1, 0.15) is 6.42 Å². The van der Waals surface area contributed by atoms with Crippen molar-refractivity contribution in [2.75, 3.05) is 33.4 Å². The van der Waals surface area contributed by atoms with Crippen molar-refractivity contribution in [2.45, 2.75) is 6.42 Å². The summed E-state index contributed by atoms with van der Waals surface area (Å²) in [6, 6.07) is 0. The second-order valence-electron chi connectivity index (χ2n) is 2.36. The highest BCUT2D eigenvalue weighted by Crippen LogP contribution is 1.98. The monoisotopic (exact) mass is 179 g/mol. The van der Waals surface area contributed by atoms with Gasteiger partial charge in [0.25, 0.3) is 0 Å². The molecule has 0 aliphatic carbocycles. The zero-order chi connectivity index (χ0) is 8.10. The molecule has 1 saturated heterocycles. The van der Waals surface area contributed by atoms with E-state index in [2.05, 4.69) is 0 Å². The molecule has 0 radical (unpaired) electrons. The lowest BCUT2D eigenvalue weighted by Gasteiger charge is -2.11. The molecule has 0 amide bonds. The second-order valence-corrected chi connectivity index (χ2v) is 3.65. The average Bonchev–Trinajstić information content (AvgIpc) is 2.07. The van der Waals surface area contributed by atoms with Crippen molar-refractivity contribution < 1.29 is 13.1 Å². The van der Waals surface area contributed by atoms with Gasteiger partial charge in [0.15, 0.2) is 0 Å². The van der Waals surface area contributed by atoms with Crippen molar-refractivity contribution in [3.63, 3.8) is 0 Å². The molecule has 0 aromatic rings. The fourth-order valence-corrected chi connectivity index (χ4v) is 1.41. The lowest BCUT2D eigenvalue weighted by Crippen LogP contribution is -2.25. The summed E-state index contributed by atoms with van der Waals surface area (Å²) in [6.45, 7) is 2.50. The molecule has 1 unspecified atom stereocenters. The minimum absolute atomic E-state index is 0.511. The maximum atomic E-state index is 11.1. The Kier molecular flexibility index (Phi) is 3.99. The molecule has 0 aromatic carbocycles. The molecule has 0 saturated carbocycles. The third-order valence-corrected chi connectivity index (χ3v) is 2.48. The van der Waals surface area contributed by atoms with Gasteiger partial charge in [-0.15, -0.1) is 0 Å². The summed E-state index contributed by atoms with van der Waals surface area (Å²) in [5.41, 5.74) is 0. The van der Waals surface area contributed by atoms with Gasteiger partial charge in [0, 0.05) is 20.2 Å². The van der Waals surface area contributed by atoms with E-state index >= 15 is 0 Å². The van der Waals surface area contributed by atoms with Gasteiger partial charge in [-0.2, -0.15) is 0 Å². The van der Waals surface area contributed by atoms with Gasteiger partial charge in [0.2, 0.25) is 11.3 Å². The zero-order valence-corrected chi connectivity index (χ0v) is 7.43. The Morgan fingerprint density at radius 3 is 3.00 bits per heavy atom. The smallest absolute Gasteiger partial charge is 0.236 e. The first-order chi connectivity index (χ1) is 5.30. The Morgan fingerprint density at radius 1 is 1.36 bits per heavy atom.